The molecule has 0 aromatic heterocycles. The third-order valence-electron chi connectivity index (χ3n) is 4.49. The van der Waals surface area contributed by atoms with E-state index in [9.17, 15) is 8.42 Å². The summed E-state index contributed by atoms with van der Waals surface area (Å²) in [6.07, 6.45) is 0. The van der Waals surface area contributed by atoms with Gasteiger partial charge in [-0.1, -0.05) is 23.8 Å². The van der Waals surface area contributed by atoms with Crippen LogP contribution in [0.15, 0.2) is 23.2 Å². The number of aliphatic imine (C=N–C) groups is 1. The van der Waals surface area contributed by atoms with Crippen LogP contribution < -0.4 is 5.32 Å². The SMILES string of the molecule is CN=C(NCc1ccc(C)cc1C)N1CCS(=O)(=O)C(C)(C)C1.I. The summed E-state index contributed by atoms with van der Waals surface area (Å²) in [6.45, 7) is 9.38. The molecular formula is C17H28IN3O2S. The Bertz CT molecular complexity index is 715. The molecule has 0 radical (unpaired) electrons. The van der Waals surface area contributed by atoms with Crippen LogP contribution in [0.4, 0.5) is 0 Å². The number of hydrogen-bond acceptors (Lipinski definition) is 3. The molecule has 5 nitrogen and oxygen atoms in total. The van der Waals surface area contributed by atoms with Gasteiger partial charge < -0.3 is 10.2 Å². The molecule has 1 fully saturated rings. The van der Waals surface area contributed by atoms with Crippen LogP contribution in [-0.2, 0) is 16.4 Å². The van der Waals surface area contributed by atoms with Crippen molar-refractivity contribution < 1.29 is 8.42 Å². The highest BCUT2D eigenvalue weighted by atomic mass is 127. The Hall–Kier alpha value is -0.830. The van der Waals surface area contributed by atoms with Crippen molar-refractivity contribution in [2.75, 3.05) is 25.9 Å². The van der Waals surface area contributed by atoms with Crippen molar-refractivity contribution in [1.82, 2.24) is 10.2 Å². The average molecular weight is 465 g/mol. The zero-order chi connectivity index (χ0) is 17.3. The van der Waals surface area contributed by atoms with Crippen LogP contribution in [0.3, 0.4) is 0 Å². The molecule has 136 valence electrons. The second-order valence-corrected chi connectivity index (χ2v) is 9.57. The highest BCUT2D eigenvalue weighted by Crippen LogP contribution is 2.23. The Balaban J connectivity index is 0.00000288. The van der Waals surface area contributed by atoms with Gasteiger partial charge in [0.25, 0.3) is 0 Å². The average Bonchev–Trinajstić information content (AvgIpc) is 2.45. The quantitative estimate of drug-likeness (QED) is 0.414. The van der Waals surface area contributed by atoms with Gasteiger partial charge in [0.1, 0.15) is 0 Å². The molecular weight excluding hydrogens is 437 g/mol. The summed E-state index contributed by atoms with van der Waals surface area (Å²) in [7, 11) is -1.30. The fourth-order valence-corrected chi connectivity index (χ4v) is 4.24. The van der Waals surface area contributed by atoms with Gasteiger partial charge in [-0.2, -0.15) is 0 Å². The lowest BCUT2D eigenvalue weighted by molar-refractivity contribution is 0.353. The summed E-state index contributed by atoms with van der Waals surface area (Å²) in [5, 5.41) is 3.36. The first-order valence-corrected chi connectivity index (χ1v) is 9.55. The number of nitrogens with zero attached hydrogens (tertiary/aromatic N) is 2. The van der Waals surface area contributed by atoms with E-state index < -0.39 is 14.6 Å². The predicted octanol–water partition coefficient (Wildman–Crippen LogP) is 2.51. The molecule has 1 aromatic rings. The number of halogens is 1. The van der Waals surface area contributed by atoms with Gasteiger partial charge in [-0.05, 0) is 38.8 Å². The summed E-state index contributed by atoms with van der Waals surface area (Å²) >= 11 is 0. The third kappa shape index (κ3) is 4.62. The molecule has 0 bridgehead atoms. The maximum atomic E-state index is 12.1. The van der Waals surface area contributed by atoms with Gasteiger partial charge in [0.2, 0.25) is 0 Å². The number of nitrogens with one attached hydrogen (secondary N) is 1. The number of benzene rings is 1. The molecule has 0 unspecified atom stereocenters. The Morgan fingerprint density at radius 1 is 1.33 bits per heavy atom. The molecule has 1 heterocycles. The Kier molecular flexibility index (Phi) is 7.10. The van der Waals surface area contributed by atoms with Crippen molar-refractivity contribution in [3.05, 3.63) is 34.9 Å². The zero-order valence-corrected chi connectivity index (χ0v) is 18.2. The van der Waals surface area contributed by atoms with E-state index in [4.69, 9.17) is 0 Å². The summed E-state index contributed by atoms with van der Waals surface area (Å²) in [6, 6.07) is 6.38. The molecule has 1 aliphatic heterocycles. The van der Waals surface area contributed by atoms with Crippen molar-refractivity contribution in [2.45, 2.75) is 39.0 Å². The van der Waals surface area contributed by atoms with Crippen LogP contribution in [0.1, 0.15) is 30.5 Å². The van der Waals surface area contributed by atoms with Crippen LogP contribution in [0.5, 0.6) is 0 Å². The van der Waals surface area contributed by atoms with Crippen molar-refractivity contribution in [2.24, 2.45) is 4.99 Å². The molecule has 1 aromatic carbocycles. The molecule has 0 amide bonds. The minimum atomic E-state index is -3.04. The van der Waals surface area contributed by atoms with Crippen LogP contribution >= 0.6 is 24.0 Å². The highest BCUT2D eigenvalue weighted by Gasteiger charge is 2.40. The highest BCUT2D eigenvalue weighted by molar-refractivity contribution is 14.0. The van der Waals surface area contributed by atoms with Gasteiger partial charge in [0, 0.05) is 26.7 Å². The molecule has 0 spiro atoms. The Labute approximate surface area is 162 Å². The first-order chi connectivity index (χ1) is 10.7. The van der Waals surface area contributed by atoms with Gasteiger partial charge in [-0.15, -0.1) is 24.0 Å². The van der Waals surface area contributed by atoms with E-state index in [0.717, 1.165) is 5.96 Å². The monoisotopic (exact) mass is 465 g/mol. The van der Waals surface area contributed by atoms with Gasteiger partial charge in [-0.3, -0.25) is 4.99 Å². The lowest BCUT2D eigenvalue weighted by Crippen LogP contribution is -2.57. The molecule has 0 aliphatic carbocycles. The fourth-order valence-electron chi connectivity index (χ4n) is 2.88. The predicted molar refractivity (Wildman–Crippen MR) is 111 cm³/mol. The largest absolute Gasteiger partial charge is 0.352 e. The fraction of sp³-hybridized carbons (Fsp3) is 0.588. The Morgan fingerprint density at radius 2 is 2.00 bits per heavy atom. The lowest BCUT2D eigenvalue weighted by Gasteiger charge is -2.39. The smallest absolute Gasteiger partial charge is 0.193 e. The molecule has 24 heavy (non-hydrogen) atoms. The summed E-state index contributed by atoms with van der Waals surface area (Å²) in [5.41, 5.74) is 3.72. The molecule has 7 heteroatoms. The molecule has 1 aliphatic rings. The molecule has 1 saturated heterocycles. The van der Waals surface area contributed by atoms with Crippen LogP contribution in [0.2, 0.25) is 0 Å². The first-order valence-electron chi connectivity index (χ1n) is 7.90. The minimum absolute atomic E-state index is 0. The molecule has 0 saturated carbocycles. The van der Waals surface area contributed by atoms with E-state index in [-0.39, 0.29) is 29.7 Å². The van der Waals surface area contributed by atoms with E-state index >= 15 is 0 Å². The van der Waals surface area contributed by atoms with Crippen LogP contribution in [0, 0.1) is 13.8 Å². The number of guanidine groups is 1. The number of sulfone groups is 1. The zero-order valence-electron chi connectivity index (χ0n) is 15.1. The first kappa shape index (κ1) is 21.2. The van der Waals surface area contributed by atoms with Crippen molar-refractivity contribution >= 4 is 39.8 Å². The third-order valence-corrected chi connectivity index (χ3v) is 7.02. The second kappa shape index (κ2) is 8.03. The standard InChI is InChI=1S/C17H27N3O2S.HI/c1-13-6-7-15(14(2)10-13)11-19-16(18-5)20-8-9-23(21,22)17(3,4)12-20;/h6-7,10H,8-9,11-12H2,1-5H3,(H,18,19);1H. The van der Waals surface area contributed by atoms with Crippen molar-refractivity contribution in [3.8, 4) is 0 Å². The summed E-state index contributed by atoms with van der Waals surface area (Å²) in [5.74, 6) is 0.928. The van der Waals surface area contributed by atoms with E-state index in [1.807, 2.05) is 4.90 Å². The summed E-state index contributed by atoms with van der Waals surface area (Å²) in [4.78, 5) is 6.36. The lowest BCUT2D eigenvalue weighted by atomic mass is 10.1. The van der Waals surface area contributed by atoms with Crippen LogP contribution in [-0.4, -0.2) is 49.9 Å². The minimum Gasteiger partial charge on any atom is -0.352 e. The van der Waals surface area contributed by atoms with Gasteiger partial charge in [0.05, 0.1) is 10.5 Å². The maximum absolute atomic E-state index is 12.1. The Morgan fingerprint density at radius 3 is 2.54 bits per heavy atom. The van der Waals surface area contributed by atoms with Crippen molar-refractivity contribution in [3.63, 3.8) is 0 Å². The van der Waals surface area contributed by atoms with Crippen LogP contribution in [0.25, 0.3) is 0 Å². The summed E-state index contributed by atoms with van der Waals surface area (Å²) < 4.78 is 23.5. The van der Waals surface area contributed by atoms with Crippen molar-refractivity contribution in [1.29, 1.82) is 0 Å². The van der Waals surface area contributed by atoms with E-state index in [2.05, 4.69) is 42.4 Å². The van der Waals surface area contributed by atoms with Gasteiger partial charge in [0.15, 0.2) is 15.8 Å². The molecule has 0 atom stereocenters. The van der Waals surface area contributed by atoms with Gasteiger partial charge in [-0.25, -0.2) is 8.42 Å². The molecule has 1 N–H and O–H groups in total. The maximum Gasteiger partial charge on any atom is 0.193 e. The van der Waals surface area contributed by atoms with E-state index in [1.165, 1.54) is 16.7 Å². The topological polar surface area (TPSA) is 61.8 Å². The number of rotatable bonds is 2. The number of hydrogen-bond donors (Lipinski definition) is 1. The van der Waals surface area contributed by atoms with Gasteiger partial charge >= 0.3 is 0 Å². The normalized spacial score (nSPS) is 19.5. The van der Waals surface area contributed by atoms with E-state index in [0.29, 0.717) is 19.6 Å². The number of aryl methyl sites for hydroxylation is 2. The second-order valence-electron chi connectivity index (χ2n) is 6.83. The molecule has 2 rings (SSSR count). The van der Waals surface area contributed by atoms with E-state index in [1.54, 1.807) is 20.9 Å².